The fourth-order valence-corrected chi connectivity index (χ4v) is 4.02. The van der Waals surface area contributed by atoms with Crippen LogP contribution >= 0.6 is 0 Å². The van der Waals surface area contributed by atoms with Crippen molar-refractivity contribution in [1.82, 2.24) is 9.80 Å². The van der Waals surface area contributed by atoms with Crippen LogP contribution < -0.4 is 0 Å². The van der Waals surface area contributed by atoms with Gasteiger partial charge >= 0.3 is 0 Å². The van der Waals surface area contributed by atoms with Gasteiger partial charge in [0.15, 0.2) is 0 Å². The highest BCUT2D eigenvalue weighted by atomic mass is 16.3. The van der Waals surface area contributed by atoms with Crippen molar-refractivity contribution >= 4 is 11.8 Å². The zero-order valence-electron chi connectivity index (χ0n) is 17.4. The molecule has 3 rings (SSSR count). The predicted octanol–water partition coefficient (Wildman–Crippen LogP) is 4.28. The maximum atomic E-state index is 13.2. The van der Waals surface area contributed by atoms with Crippen LogP contribution in [0.5, 0.6) is 0 Å². The van der Waals surface area contributed by atoms with Crippen molar-refractivity contribution in [3.63, 3.8) is 0 Å². The number of furan rings is 1. The molecule has 1 aliphatic carbocycles. The van der Waals surface area contributed by atoms with E-state index in [0.29, 0.717) is 19.6 Å². The monoisotopic (exact) mass is 396 g/mol. The van der Waals surface area contributed by atoms with Crippen LogP contribution in [0.4, 0.5) is 0 Å². The molecule has 1 aromatic heterocycles. The molecule has 156 valence electrons. The summed E-state index contributed by atoms with van der Waals surface area (Å²) >= 11 is 0. The molecule has 0 bridgehead atoms. The van der Waals surface area contributed by atoms with Gasteiger partial charge in [0.1, 0.15) is 5.76 Å². The molecule has 2 aromatic rings. The van der Waals surface area contributed by atoms with E-state index in [1.165, 1.54) is 5.56 Å². The largest absolute Gasteiger partial charge is 0.467 e. The van der Waals surface area contributed by atoms with Gasteiger partial charge in [-0.15, -0.1) is 0 Å². The summed E-state index contributed by atoms with van der Waals surface area (Å²) in [6, 6.07) is 13.9. The summed E-state index contributed by atoms with van der Waals surface area (Å²) < 4.78 is 5.47. The lowest BCUT2D eigenvalue weighted by atomic mass is 10.1. The van der Waals surface area contributed by atoms with Gasteiger partial charge < -0.3 is 14.2 Å². The molecule has 0 atom stereocenters. The second-order valence-corrected chi connectivity index (χ2v) is 7.87. The lowest BCUT2D eigenvalue weighted by molar-refractivity contribution is -0.143. The number of carbonyl (C=O) groups excluding carboxylic acids is 2. The average molecular weight is 397 g/mol. The maximum absolute atomic E-state index is 13.2. The summed E-state index contributed by atoms with van der Waals surface area (Å²) in [5, 5.41) is 0. The molecule has 1 saturated carbocycles. The number of amides is 2. The normalized spacial score (nSPS) is 14.1. The number of carbonyl (C=O) groups is 2. The van der Waals surface area contributed by atoms with Gasteiger partial charge in [0.05, 0.1) is 19.4 Å². The van der Waals surface area contributed by atoms with Crippen molar-refractivity contribution in [2.75, 3.05) is 19.6 Å². The lowest BCUT2D eigenvalue weighted by Crippen LogP contribution is -2.45. The minimum absolute atomic E-state index is 0.0165. The Hall–Kier alpha value is -2.56. The van der Waals surface area contributed by atoms with Gasteiger partial charge in [-0.1, -0.05) is 50.1 Å². The summed E-state index contributed by atoms with van der Waals surface area (Å²) in [5.74, 6) is 0.989. The third-order valence-electron chi connectivity index (χ3n) is 5.63. The van der Waals surface area contributed by atoms with Gasteiger partial charge in [-0.25, -0.2) is 0 Å². The standard InChI is InChI=1S/C24H32N2O3/c1-2-15-26(24(28)21-11-6-7-12-21)19-23(27)25(18-22-13-8-17-29-22)16-14-20-9-4-3-5-10-20/h3-5,8-10,13,17,21H,2,6-7,11-12,14-16,18-19H2,1H3. The van der Waals surface area contributed by atoms with E-state index in [1.807, 2.05) is 35.2 Å². The van der Waals surface area contributed by atoms with Gasteiger partial charge in [0.2, 0.25) is 11.8 Å². The molecule has 0 unspecified atom stereocenters. The molecule has 1 aliphatic rings. The molecule has 5 heteroatoms. The highest BCUT2D eigenvalue weighted by molar-refractivity contribution is 5.86. The van der Waals surface area contributed by atoms with Crippen LogP contribution in [0, 0.1) is 5.92 Å². The van der Waals surface area contributed by atoms with Gasteiger partial charge in [0, 0.05) is 19.0 Å². The fourth-order valence-electron chi connectivity index (χ4n) is 4.02. The Labute approximate surface area is 173 Å². The number of nitrogens with zero attached hydrogens (tertiary/aromatic N) is 2. The molecule has 0 aliphatic heterocycles. The van der Waals surface area contributed by atoms with Crippen LogP contribution in [0.15, 0.2) is 53.1 Å². The Morgan fingerprint density at radius 1 is 1.00 bits per heavy atom. The van der Waals surface area contributed by atoms with Crippen LogP contribution in [0.1, 0.15) is 50.4 Å². The zero-order valence-corrected chi connectivity index (χ0v) is 17.4. The highest BCUT2D eigenvalue weighted by Gasteiger charge is 2.29. The highest BCUT2D eigenvalue weighted by Crippen LogP contribution is 2.26. The molecule has 2 amide bonds. The first-order chi connectivity index (χ1) is 14.2. The van der Waals surface area contributed by atoms with E-state index >= 15 is 0 Å². The number of hydrogen-bond acceptors (Lipinski definition) is 3. The summed E-state index contributed by atoms with van der Waals surface area (Å²) in [4.78, 5) is 29.7. The van der Waals surface area contributed by atoms with Gasteiger partial charge in [-0.3, -0.25) is 9.59 Å². The molecule has 0 N–H and O–H groups in total. The Balaban J connectivity index is 1.66. The van der Waals surface area contributed by atoms with Crippen molar-refractivity contribution in [3.8, 4) is 0 Å². The molecule has 5 nitrogen and oxygen atoms in total. The summed E-state index contributed by atoms with van der Waals surface area (Å²) in [6.07, 6.45) is 7.40. The van der Waals surface area contributed by atoms with E-state index in [4.69, 9.17) is 4.42 Å². The van der Waals surface area contributed by atoms with Crippen molar-refractivity contribution in [3.05, 3.63) is 60.1 Å². The van der Waals surface area contributed by atoms with Gasteiger partial charge in [-0.2, -0.15) is 0 Å². The Morgan fingerprint density at radius 3 is 2.41 bits per heavy atom. The lowest BCUT2D eigenvalue weighted by Gasteiger charge is -2.28. The van der Waals surface area contributed by atoms with E-state index in [0.717, 1.165) is 44.3 Å². The van der Waals surface area contributed by atoms with Crippen molar-refractivity contribution in [2.45, 2.75) is 52.0 Å². The van der Waals surface area contributed by atoms with Crippen molar-refractivity contribution < 1.29 is 14.0 Å². The van der Waals surface area contributed by atoms with Crippen molar-refractivity contribution in [2.24, 2.45) is 5.92 Å². The first-order valence-corrected chi connectivity index (χ1v) is 10.8. The Kier molecular flexibility index (Phi) is 7.91. The topological polar surface area (TPSA) is 53.8 Å². The van der Waals surface area contributed by atoms with Gasteiger partial charge in [0.25, 0.3) is 0 Å². The quantitative estimate of drug-likeness (QED) is 0.602. The summed E-state index contributed by atoms with van der Waals surface area (Å²) in [6.45, 7) is 3.86. The van der Waals surface area contributed by atoms with Crippen LogP contribution in [-0.4, -0.2) is 41.2 Å². The first-order valence-electron chi connectivity index (χ1n) is 10.8. The number of benzene rings is 1. The summed E-state index contributed by atoms with van der Waals surface area (Å²) in [7, 11) is 0. The van der Waals surface area contributed by atoms with Crippen LogP contribution in [0.25, 0.3) is 0 Å². The molecule has 1 heterocycles. The minimum Gasteiger partial charge on any atom is -0.467 e. The summed E-state index contributed by atoms with van der Waals surface area (Å²) in [5.41, 5.74) is 1.19. The molecule has 0 radical (unpaired) electrons. The maximum Gasteiger partial charge on any atom is 0.242 e. The van der Waals surface area contributed by atoms with Crippen molar-refractivity contribution in [1.29, 1.82) is 0 Å². The molecule has 0 spiro atoms. The van der Waals surface area contributed by atoms with E-state index in [-0.39, 0.29) is 24.3 Å². The molecule has 1 aromatic carbocycles. The molecular formula is C24H32N2O3. The smallest absolute Gasteiger partial charge is 0.242 e. The fraction of sp³-hybridized carbons (Fsp3) is 0.500. The second kappa shape index (κ2) is 10.8. The number of rotatable bonds is 10. The Bertz CT molecular complexity index is 752. The van der Waals surface area contributed by atoms with Crippen LogP contribution in [0.2, 0.25) is 0 Å². The van der Waals surface area contributed by atoms with E-state index in [9.17, 15) is 9.59 Å². The van der Waals surface area contributed by atoms with Crippen LogP contribution in [-0.2, 0) is 22.6 Å². The average Bonchev–Trinajstić information content (AvgIpc) is 3.45. The van der Waals surface area contributed by atoms with E-state index < -0.39 is 0 Å². The number of hydrogen-bond donors (Lipinski definition) is 0. The third kappa shape index (κ3) is 6.21. The molecule has 29 heavy (non-hydrogen) atoms. The molecule has 0 saturated heterocycles. The third-order valence-corrected chi connectivity index (χ3v) is 5.63. The van der Waals surface area contributed by atoms with E-state index in [1.54, 1.807) is 11.2 Å². The zero-order chi connectivity index (χ0) is 20.5. The Morgan fingerprint density at radius 2 is 1.76 bits per heavy atom. The second-order valence-electron chi connectivity index (χ2n) is 7.87. The molecule has 1 fully saturated rings. The van der Waals surface area contributed by atoms with Crippen LogP contribution in [0.3, 0.4) is 0 Å². The van der Waals surface area contributed by atoms with E-state index in [2.05, 4.69) is 19.1 Å². The molecular weight excluding hydrogens is 364 g/mol. The predicted molar refractivity (Wildman–Crippen MR) is 113 cm³/mol. The first kappa shape index (κ1) is 21.2. The SMILES string of the molecule is CCCN(CC(=O)N(CCc1ccccc1)Cc1ccco1)C(=O)C1CCCC1. The van der Waals surface area contributed by atoms with Gasteiger partial charge in [-0.05, 0) is 43.4 Å². The minimum atomic E-state index is -0.0165.